The van der Waals surface area contributed by atoms with E-state index in [2.05, 4.69) is 10.2 Å². The maximum atomic E-state index is 13.9. The summed E-state index contributed by atoms with van der Waals surface area (Å²) in [6.45, 7) is 4.69. The van der Waals surface area contributed by atoms with Gasteiger partial charge in [0.15, 0.2) is 0 Å². The fourth-order valence-electron chi connectivity index (χ4n) is 6.65. The Balaban J connectivity index is 1.54. The summed E-state index contributed by atoms with van der Waals surface area (Å²) in [6, 6.07) is 10.9. The standard InChI is InChI=1S/C25H25N3O4/c1-13-11-14(2)21-17(12-13)25(24(31)26-21)20-19(18-5-4-10-27(18)25)22(29)28(23(20)30)15-6-8-16(32-3)9-7-15/h6-9,11-12,18-20H,4-5,10H2,1-3H3,(H,26,31)/t18-,19+,20-,25+/m0/s1. The molecule has 0 aliphatic carbocycles. The second kappa shape index (κ2) is 6.42. The van der Waals surface area contributed by atoms with Crippen LogP contribution in [0.25, 0.3) is 0 Å². The summed E-state index contributed by atoms with van der Waals surface area (Å²) < 4.78 is 5.22. The smallest absolute Gasteiger partial charge is 0.250 e. The highest BCUT2D eigenvalue weighted by molar-refractivity contribution is 6.26. The number of amides is 3. The maximum Gasteiger partial charge on any atom is 0.250 e. The Kier molecular flexibility index (Phi) is 3.91. The molecule has 3 saturated heterocycles. The first-order chi connectivity index (χ1) is 15.4. The van der Waals surface area contributed by atoms with E-state index < -0.39 is 17.4 Å². The van der Waals surface area contributed by atoms with Crippen LogP contribution in [0, 0.1) is 25.7 Å². The van der Waals surface area contributed by atoms with Crippen molar-refractivity contribution in [2.24, 2.45) is 11.8 Å². The van der Waals surface area contributed by atoms with Crippen LogP contribution in [0.5, 0.6) is 5.75 Å². The number of hydrogen-bond donors (Lipinski definition) is 1. The molecule has 1 spiro atoms. The Hall–Kier alpha value is -3.19. The zero-order valence-corrected chi connectivity index (χ0v) is 18.3. The number of benzene rings is 2. The van der Waals surface area contributed by atoms with Gasteiger partial charge in [0.25, 0.3) is 0 Å². The number of fused-ring (bicyclic) bond motifs is 7. The average Bonchev–Trinajstić information content (AvgIpc) is 3.47. The molecule has 4 aliphatic rings. The fraction of sp³-hybridized carbons (Fsp3) is 0.400. The van der Waals surface area contributed by atoms with E-state index in [1.807, 2.05) is 26.0 Å². The van der Waals surface area contributed by atoms with E-state index in [0.717, 1.165) is 35.2 Å². The largest absolute Gasteiger partial charge is 0.497 e. The van der Waals surface area contributed by atoms with Gasteiger partial charge in [0.2, 0.25) is 17.7 Å². The van der Waals surface area contributed by atoms with Gasteiger partial charge in [0.1, 0.15) is 11.3 Å². The quantitative estimate of drug-likeness (QED) is 0.740. The SMILES string of the molecule is COc1ccc(N2C(=O)[C@H]3[C@@H](C2=O)[C@]2(C(=O)Nc4c(C)cc(C)cc42)N2CCC[C@@H]32)cc1. The van der Waals surface area contributed by atoms with E-state index in [9.17, 15) is 14.4 Å². The highest BCUT2D eigenvalue weighted by Gasteiger charge is 2.74. The first-order valence-corrected chi connectivity index (χ1v) is 11.1. The van der Waals surface area contributed by atoms with Crippen LogP contribution in [0.1, 0.15) is 29.5 Å². The summed E-state index contributed by atoms with van der Waals surface area (Å²) in [5.41, 5.74) is 3.04. The minimum absolute atomic E-state index is 0.114. The molecule has 4 atom stereocenters. The lowest BCUT2D eigenvalue weighted by molar-refractivity contribution is -0.135. The average molecular weight is 431 g/mol. The van der Waals surface area contributed by atoms with E-state index >= 15 is 0 Å². The number of ether oxygens (including phenoxy) is 1. The summed E-state index contributed by atoms with van der Waals surface area (Å²) in [5, 5.41) is 3.08. The van der Waals surface area contributed by atoms with Gasteiger partial charge in [-0.3, -0.25) is 19.3 Å². The van der Waals surface area contributed by atoms with Crippen molar-refractivity contribution in [1.29, 1.82) is 0 Å². The molecular weight excluding hydrogens is 406 g/mol. The molecule has 7 heteroatoms. The molecule has 0 aromatic heterocycles. The van der Waals surface area contributed by atoms with Crippen molar-refractivity contribution in [2.45, 2.75) is 38.3 Å². The van der Waals surface area contributed by atoms with Crippen molar-refractivity contribution in [1.82, 2.24) is 4.90 Å². The topological polar surface area (TPSA) is 78.9 Å². The van der Waals surface area contributed by atoms with E-state index in [1.54, 1.807) is 31.4 Å². The Morgan fingerprint density at radius 1 is 1.06 bits per heavy atom. The summed E-state index contributed by atoms with van der Waals surface area (Å²) in [7, 11) is 1.57. The minimum Gasteiger partial charge on any atom is -0.497 e. The Morgan fingerprint density at radius 2 is 1.81 bits per heavy atom. The van der Waals surface area contributed by atoms with Gasteiger partial charge in [-0.2, -0.15) is 0 Å². The molecule has 1 N–H and O–H groups in total. The molecule has 0 bridgehead atoms. The van der Waals surface area contributed by atoms with Crippen molar-refractivity contribution in [3.05, 3.63) is 53.1 Å². The highest BCUT2D eigenvalue weighted by Crippen LogP contribution is 2.61. The third-order valence-electron chi connectivity index (χ3n) is 7.77. The molecule has 3 fully saturated rings. The number of carbonyl (C=O) groups is 3. The van der Waals surface area contributed by atoms with E-state index in [-0.39, 0.29) is 23.8 Å². The molecule has 4 heterocycles. The molecule has 6 rings (SSSR count). The maximum absolute atomic E-state index is 13.9. The lowest BCUT2D eigenvalue weighted by Crippen LogP contribution is -2.54. The number of imide groups is 1. The van der Waals surface area contributed by atoms with Crippen molar-refractivity contribution in [3.63, 3.8) is 0 Å². The van der Waals surface area contributed by atoms with Crippen LogP contribution < -0.4 is 15.0 Å². The number of nitrogens with one attached hydrogen (secondary N) is 1. The number of hydrogen-bond acceptors (Lipinski definition) is 5. The van der Waals surface area contributed by atoms with Gasteiger partial charge in [-0.1, -0.05) is 17.7 Å². The number of rotatable bonds is 2. The Labute approximate surface area is 186 Å². The summed E-state index contributed by atoms with van der Waals surface area (Å²) >= 11 is 0. The van der Waals surface area contributed by atoms with Crippen LogP contribution in [-0.4, -0.2) is 42.3 Å². The van der Waals surface area contributed by atoms with Crippen molar-refractivity contribution >= 4 is 29.1 Å². The Morgan fingerprint density at radius 3 is 2.53 bits per heavy atom. The third kappa shape index (κ3) is 2.17. The molecule has 3 amide bonds. The summed E-state index contributed by atoms with van der Waals surface area (Å²) in [4.78, 5) is 44.8. The first kappa shape index (κ1) is 19.5. The van der Waals surface area contributed by atoms with Crippen molar-refractivity contribution < 1.29 is 19.1 Å². The predicted molar refractivity (Wildman–Crippen MR) is 118 cm³/mol. The summed E-state index contributed by atoms with van der Waals surface area (Å²) in [5.74, 6) is -1.28. The zero-order valence-electron chi connectivity index (χ0n) is 18.3. The Bertz CT molecular complexity index is 1190. The van der Waals surface area contributed by atoms with Crippen LogP contribution in [0.15, 0.2) is 36.4 Å². The van der Waals surface area contributed by atoms with Gasteiger partial charge in [0.05, 0.1) is 24.6 Å². The van der Waals surface area contributed by atoms with Crippen LogP contribution in [0.3, 0.4) is 0 Å². The van der Waals surface area contributed by atoms with Crippen molar-refractivity contribution in [2.75, 3.05) is 23.9 Å². The van der Waals surface area contributed by atoms with Gasteiger partial charge in [-0.25, -0.2) is 4.90 Å². The fourth-order valence-corrected chi connectivity index (χ4v) is 6.65. The van der Waals surface area contributed by atoms with Crippen molar-refractivity contribution in [3.8, 4) is 5.75 Å². The molecule has 32 heavy (non-hydrogen) atoms. The molecule has 0 unspecified atom stereocenters. The molecular formula is C25H25N3O4. The number of anilines is 2. The number of carbonyl (C=O) groups excluding carboxylic acids is 3. The predicted octanol–water partition coefficient (Wildman–Crippen LogP) is 2.74. The second-order valence-electron chi connectivity index (χ2n) is 9.34. The molecule has 0 radical (unpaired) electrons. The van der Waals surface area contributed by atoms with E-state index in [4.69, 9.17) is 4.74 Å². The van der Waals surface area contributed by atoms with Crippen LogP contribution in [0.2, 0.25) is 0 Å². The van der Waals surface area contributed by atoms with Crippen LogP contribution >= 0.6 is 0 Å². The van der Waals surface area contributed by atoms with Gasteiger partial charge < -0.3 is 10.1 Å². The third-order valence-corrected chi connectivity index (χ3v) is 7.77. The zero-order chi connectivity index (χ0) is 22.4. The highest BCUT2D eigenvalue weighted by atomic mass is 16.5. The van der Waals surface area contributed by atoms with Gasteiger partial charge in [0, 0.05) is 17.3 Å². The molecule has 4 aliphatic heterocycles. The first-order valence-electron chi connectivity index (χ1n) is 11.1. The molecule has 2 aromatic carbocycles. The van der Waals surface area contributed by atoms with Crippen LogP contribution in [0.4, 0.5) is 11.4 Å². The molecule has 164 valence electrons. The molecule has 2 aromatic rings. The van der Waals surface area contributed by atoms with Crippen LogP contribution in [-0.2, 0) is 19.9 Å². The lowest BCUT2D eigenvalue weighted by Gasteiger charge is -2.36. The van der Waals surface area contributed by atoms with Gasteiger partial charge in [-0.15, -0.1) is 0 Å². The number of nitrogens with zero attached hydrogens (tertiary/aromatic N) is 2. The summed E-state index contributed by atoms with van der Waals surface area (Å²) in [6.07, 6.45) is 1.72. The van der Waals surface area contributed by atoms with Gasteiger partial charge in [-0.05, 0) is 63.1 Å². The minimum atomic E-state index is -1.13. The monoisotopic (exact) mass is 431 g/mol. The normalized spacial score (nSPS) is 30.7. The molecule has 0 saturated carbocycles. The number of methoxy groups -OCH3 is 1. The lowest BCUT2D eigenvalue weighted by atomic mass is 9.75. The second-order valence-corrected chi connectivity index (χ2v) is 9.34. The number of aryl methyl sites for hydroxylation is 2. The van der Waals surface area contributed by atoms with E-state index in [0.29, 0.717) is 18.0 Å². The van der Waals surface area contributed by atoms with E-state index in [1.165, 1.54) is 4.90 Å². The van der Waals surface area contributed by atoms with Gasteiger partial charge >= 0.3 is 0 Å². The molecule has 7 nitrogen and oxygen atoms in total.